The first-order valence-electron chi connectivity index (χ1n) is 6.40. The van der Waals surface area contributed by atoms with Crippen molar-refractivity contribution < 1.29 is 9.52 Å². The normalized spacial score (nSPS) is 12.5. The van der Waals surface area contributed by atoms with Crippen molar-refractivity contribution in [2.45, 2.75) is 11.9 Å². The van der Waals surface area contributed by atoms with Crippen LogP contribution >= 0.6 is 11.8 Å². The number of hydrogen-bond donors (Lipinski definition) is 2. The molecular formula is C15H19NO2S. The van der Waals surface area contributed by atoms with Gasteiger partial charge >= 0.3 is 0 Å². The zero-order valence-corrected chi connectivity index (χ0v) is 11.6. The molecule has 1 aromatic carbocycles. The first-order chi connectivity index (χ1) is 9.36. The van der Waals surface area contributed by atoms with Crippen LogP contribution in [0.25, 0.3) is 0 Å². The molecule has 3 nitrogen and oxygen atoms in total. The standard InChI is InChI=1S/C15H19NO2S/c17-15(13-5-2-1-3-6-13)11-16-8-10-19-12-14-7-4-9-18-14/h1-7,9,15-17H,8,10-12H2/t15-/m0/s1. The van der Waals surface area contributed by atoms with Gasteiger partial charge < -0.3 is 14.8 Å². The van der Waals surface area contributed by atoms with Crippen LogP contribution in [0.5, 0.6) is 0 Å². The van der Waals surface area contributed by atoms with E-state index in [4.69, 9.17) is 4.42 Å². The molecular weight excluding hydrogens is 258 g/mol. The van der Waals surface area contributed by atoms with Gasteiger partial charge in [0.05, 0.1) is 18.1 Å². The number of benzene rings is 1. The lowest BCUT2D eigenvalue weighted by atomic mass is 10.1. The van der Waals surface area contributed by atoms with Crippen LogP contribution in [0.1, 0.15) is 17.4 Å². The molecule has 1 aromatic heterocycles. The van der Waals surface area contributed by atoms with Gasteiger partial charge in [0.25, 0.3) is 0 Å². The van der Waals surface area contributed by atoms with Gasteiger partial charge in [0.1, 0.15) is 5.76 Å². The van der Waals surface area contributed by atoms with Crippen molar-refractivity contribution in [3.8, 4) is 0 Å². The first-order valence-corrected chi connectivity index (χ1v) is 7.55. The minimum atomic E-state index is -0.434. The molecule has 2 aromatic rings. The lowest BCUT2D eigenvalue weighted by molar-refractivity contribution is 0.176. The summed E-state index contributed by atoms with van der Waals surface area (Å²) in [7, 11) is 0. The molecule has 2 rings (SSSR count). The molecule has 0 aliphatic rings. The van der Waals surface area contributed by atoms with Crippen LogP contribution in [-0.4, -0.2) is 23.9 Å². The van der Waals surface area contributed by atoms with E-state index in [2.05, 4.69) is 5.32 Å². The van der Waals surface area contributed by atoms with Gasteiger partial charge in [-0.25, -0.2) is 0 Å². The van der Waals surface area contributed by atoms with Crippen molar-refractivity contribution in [1.82, 2.24) is 5.32 Å². The first kappa shape index (κ1) is 14.2. The third kappa shape index (κ3) is 5.11. The topological polar surface area (TPSA) is 45.4 Å². The van der Waals surface area contributed by atoms with Gasteiger partial charge in [0.15, 0.2) is 0 Å². The average Bonchev–Trinajstić information content (AvgIpc) is 2.96. The molecule has 1 heterocycles. The van der Waals surface area contributed by atoms with Crippen LogP contribution in [0.4, 0.5) is 0 Å². The third-order valence-electron chi connectivity index (χ3n) is 2.77. The highest BCUT2D eigenvalue weighted by Crippen LogP contribution is 2.12. The van der Waals surface area contributed by atoms with Crippen LogP contribution in [0.2, 0.25) is 0 Å². The van der Waals surface area contributed by atoms with Gasteiger partial charge in [-0.1, -0.05) is 30.3 Å². The largest absolute Gasteiger partial charge is 0.468 e. The molecule has 0 radical (unpaired) electrons. The molecule has 0 unspecified atom stereocenters. The number of rotatable bonds is 8. The van der Waals surface area contributed by atoms with E-state index in [0.717, 1.165) is 29.4 Å². The fourth-order valence-electron chi connectivity index (χ4n) is 1.74. The van der Waals surface area contributed by atoms with E-state index >= 15 is 0 Å². The summed E-state index contributed by atoms with van der Waals surface area (Å²) in [5, 5.41) is 13.2. The second-order valence-corrected chi connectivity index (χ2v) is 5.37. The number of aliphatic hydroxyl groups excluding tert-OH is 1. The molecule has 0 aliphatic heterocycles. The summed E-state index contributed by atoms with van der Waals surface area (Å²) >= 11 is 1.82. The third-order valence-corrected chi connectivity index (χ3v) is 3.75. The van der Waals surface area contributed by atoms with Crippen molar-refractivity contribution in [2.75, 3.05) is 18.8 Å². The summed E-state index contributed by atoms with van der Waals surface area (Å²) in [4.78, 5) is 0. The average molecular weight is 277 g/mol. The number of furan rings is 1. The van der Waals surface area contributed by atoms with Crippen molar-refractivity contribution in [1.29, 1.82) is 0 Å². The Morgan fingerprint density at radius 2 is 2.00 bits per heavy atom. The van der Waals surface area contributed by atoms with Gasteiger partial charge in [0, 0.05) is 18.8 Å². The van der Waals surface area contributed by atoms with Crippen molar-refractivity contribution >= 4 is 11.8 Å². The molecule has 0 bridgehead atoms. The fourth-order valence-corrected chi connectivity index (χ4v) is 2.54. The monoisotopic (exact) mass is 277 g/mol. The van der Waals surface area contributed by atoms with Gasteiger partial charge in [-0.3, -0.25) is 0 Å². The summed E-state index contributed by atoms with van der Waals surface area (Å²) in [6.07, 6.45) is 1.26. The predicted molar refractivity (Wildman–Crippen MR) is 79.1 cm³/mol. The van der Waals surface area contributed by atoms with E-state index < -0.39 is 6.10 Å². The van der Waals surface area contributed by atoms with E-state index in [0.29, 0.717) is 6.54 Å². The molecule has 0 saturated heterocycles. The van der Waals surface area contributed by atoms with E-state index in [1.165, 1.54) is 0 Å². The van der Waals surface area contributed by atoms with E-state index in [1.54, 1.807) is 6.26 Å². The van der Waals surface area contributed by atoms with Crippen molar-refractivity contribution in [2.24, 2.45) is 0 Å². The molecule has 19 heavy (non-hydrogen) atoms. The lowest BCUT2D eigenvalue weighted by Gasteiger charge is -2.11. The fraction of sp³-hybridized carbons (Fsp3) is 0.333. The number of thioether (sulfide) groups is 1. The molecule has 102 valence electrons. The second-order valence-electron chi connectivity index (χ2n) is 4.26. The highest BCUT2D eigenvalue weighted by atomic mass is 32.2. The highest BCUT2D eigenvalue weighted by Gasteiger charge is 2.05. The van der Waals surface area contributed by atoms with Gasteiger partial charge in [-0.15, -0.1) is 0 Å². The summed E-state index contributed by atoms with van der Waals surface area (Å²) in [6.45, 7) is 1.47. The van der Waals surface area contributed by atoms with Gasteiger partial charge in [-0.2, -0.15) is 11.8 Å². The van der Waals surface area contributed by atoms with Gasteiger partial charge in [0.2, 0.25) is 0 Å². The molecule has 0 spiro atoms. The number of aliphatic hydroxyl groups is 1. The number of hydrogen-bond acceptors (Lipinski definition) is 4. The molecule has 0 saturated carbocycles. The van der Waals surface area contributed by atoms with E-state index in [-0.39, 0.29) is 0 Å². The Labute approximate surface area is 118 Å². The molecule has 1 atom stereocenters. The SMILES string of the molecule is O[C@@H](CNCCSCc1ccco1)c1ccccc1. The predicted octanol–water partition coefficient (Wildman–Crippen LogP) is 2.84. The second kappa shape index (κ2) is 8.04. The Bertz CT molecular complexity index is 444. The number of nitrogens with one attached hydrogen (secondary N) is 1. The quantitative estimate of drug-likeness (QED) is 0.728. The minimum Gasteiger partial charge on any atom is -0.468 e. The Kier molecular flexibility index (Phi) is 6.01. The summed E-state index contributed by atoms with van der Waals surface area (Å²) in [5.41, 5.74) is 0.957. The summed E-state index contributed by atoms with van der Waals surface area (Å²) in [5.74, 6) is 2.91. The minimum absolute atomic E-state index is 0.434. The molecule has 0 aliphatic carbocycles. The molecule has 4 heteroatoms. The van der Waals surface area contributed by atoms with E-state index in [9.17, 15) is 5.11 Å². The molecule has 0 amide bonds. The van der Waals surface area contributed by atoms with Crippen LogP contribution in [0.15, 0.2) is 53.1 Å². The van der Waals surface area contributed by atoms with Crippen LogP contribution < -0.4 is 5.32 Å². The Hall–Kier alpha value is -1.23. The Morgan fingerprint density at radius 1 is 1.16 bits per heavy atom. The molecule has 0 fully saturated rings. The van der Waals surface area contributed by atoms with Gasteiger partial charge in [-0.05, 0) is 17.7 Å². The lowest BCUT2D eigenvalue weighted by Crippen LogP contribution is -2.23. The molecule has 2 N–H and O–H groups in total. The zero-order chi connectivity index (χ0) is 13.3. The zero-order valence-electron chi connectivity index (χ0n) is 10.8. The summed E-state index contributed by atoms with van der Waals surface area (Å²) in [6, 6.07) is 13.6. The summed E-state index contributed by atoms with van der Waals surface area (Å²) < 4.78 is 5.25. The highest BCUT2D eigenvalue weighted by molar-refractivity contribution is 7.98. The van der Waals surface area contributed by atoms with E-state index in [1.807, 2.05) is 54.2 Å². The van der Waals surface area contributed by atoms with Crippen molar-refractivity contribution in [3.05, 3.63) is 60.1 Å². The van der Waals surface area contributed by atoms with Crippen LogP contribution in [-0.2, 0) is 5.75 Å². The Morgan fingerprint density at radius 3 is 2.74 bits per heavy atom. The van der Waals surface area contributed by atoms with Crippen LogP contribution in [0.3, 0.4) is 0 Å². The maximum Gasteiger partial charge on any atom is 0.113 e. The smallest absolute Gasteiger partial charge is 0.113 e. The van der Waals surface area contributed by atoms with Crippen LogP contribution in [0, 0.1) is 0 Å². The maximum atomic E-state index is 9.94. The maximum absolute atomic E-state index is 9.94. The van der Waals surface area contributed by atoms with Crippen molar-refractivity contribution in [3.63, 3.8) is 0 Å². The Balaban J connectivity index is 1.54.